The second-order valence-corrected chi connectivity index (χ2v) is 10.2. The van der Waals surface area contributed by atoms with Crippen LogP contribution in [0.5, 0.6) is 0 Å². The smallest absolute Gasteiger partial charge is 0.244 e. The molecule has 2 aromatic rings. The maximum atomic E-state index is 12.5. The van der Waals surface area contributed by atoms with E-state index in [9.17, 15) is 9.59 Å². The third-order valence-corrected chi connectivity index (χ3v) is 7.61. The van der Waals surface area contributed by atoms with Crippen LogP contribution in [0, 0.1) is 0 Å². The SMILES string of the molecule is O=C1/C=C/c2ccc(cc2)CN2CCC[C@H]2CNC(=O)/C=C/c2ccc(cc2)CN2CCC[C@H]2CN1. The molecule has 6 heterocycles. The Morgan fingerprint density at radius 1 is 0.583 bits per heavy atom. The summed E-state index contributed by atoms with van der Waals surface area (Å²) in [6.07, 6.45) is 11.5. The Hall–Kier alpha value is -3.22. The fourth-order valence-electron chi connectivity index (χ4n) is 5.50. The predicted molar refractivity (Wildman–Crippen MR) is 144 cm³/mol. The Balaban J connectivity index is 1.32. The van der Waals surface area contributed by atoms with E-state index in [4.69, 9.17) is 0 Å². The van der Waals surface area contributed by atoms with Crippen molar-refractivity contribution in [1.29, 1.82) is 0 Å². The maximum Gasteiger partial charge on any atom is 0.244 e. The summed E-state index contributed by atoms with van der Waals surface area (Å²) in [6.45, 7) is 5.15. The lowest BCUT2D eigenvalue weighted by Gasteiger charge is -2.25. The molecule has 6 nitrogen and oxygen atoms in total. The van der Waals surface area contributed by atoms with E-state index in [0.29, 0.717) is 25.2 Å². The second-order valence-electron chi connectivity index (χ2n) is 10.2. The molecule has 2 atom stereocenters. The van der Waals surface area contributed by atoms with Crippen molar-refractivity contribution in [2.45, 2.75) is 50.9 Å². The van der Waals surface area contributed by atoms with E-state index in [-0.39, 0.29) is 11.8 Å². The molecule has 2 amide bonds. The Kier molecular flexibility index (Phi) is 7.94. The fraction of sp³-hybridized carbons (Fsp3) is 0.400. The van der Waals surface area contributed by atoms with E-state index in [0.717, 1.165) is 63.0 Å². The highest BCUT2D eigenvalue weighted by atomic mass is 16.2. The zero-order valence-corrected chi connectivity index (χ0v) is 20.9. The minimum absolute atomic E-state index is 0.0431. The molecule has 0 spiro atoms. The highest BCUT2D eigenvalue weighted by Crippen LogP contribution is 2.21. The van der Waals surface area contributed by atoms with Crippen LogP contribution in [-0.4, -0.2) is 59.9 Å². The number of amides is 2. The van der Waals surface area contributed by atoms with Gasteiger partial charge in [-0.2, -0.15) is 0 Å². The molecular weight excluding hydrogens is 448 g/mol. The number of nitrogens with zero attached hydrogens (tertiary/aromatic N) is 2. The summed E-state index contributed by atoms with van der Waals surface area (Å²) in [4.78, 5) is 29.8. The lowest BCUT2D eigenvalue weighted by molar-refractivity contribution is -0.117. The van der Waals surface area contributed by atoms with Crippen molar-refractivity contribution in [3.8, 4) is 0 Å². The van der Waals surface area contributed by atoms with Gasteiger partial charge >= 0.3 is 0 Å². The van der Waals surface area contributed by atoms with Crippen molar-refractivity contribution < 1.29 is 9.59 Å². The van der Waals surface area contributed by atoms with Gasteiger partial charge in [0.2, 0.25) is 11.8 Å². The van der Waals surface area contributed by atoms with Gasteiger partial charge in [-0.3, -0.25) is 19.4 Å². The Morgan fingerprint density at radius 3 is 1.42 bits per heavy atom. The van der Waals surface area contributed by atoms with Crippen molar-refractivity contribution in [2.75, 3.05) is 26.2 Å². The minimum atomic E-state index is -0.0431. The van der Waals surface area contributed by atoms with Crippen molar-refractivity contribution in [1.82, 2.24) is 20.4 Å². The van der Waals surface area contributed by atoms with Crippen LogP contribution in [0.2, 0.25) is 0 Å². The zero-order chi connectivity index (χ0) is 24.7. The van der Waals surface area contributed by atoms with Crippen LogP contribution in [-0.2, 0) is 22.7 Å². The van der Waals surface area contributed by atoms with Crippen LogP contribution in [0.4, 0.5) is 0 Å². The molecule has 4 bridgehead atoms. The van der Waals surface area contributed by atoms with Crippen LogP contribution >= 0.6 is 0 Å². The number of nitrogens with one attached hydrogen (secondary N) is 2. The number of carbonyl (C=O) groups is 2. The third kappa shape index (κ3) is 6.50. The van der Waals surface area contributed by atoms with Gasteiger partial charge in [-0.1, -0.05) is 48.5 Å². The van der Waals surface area contributed by atoms with E-state index in [1.54, 1.807) is 12.2 Å². The van der Waals surface area contributed by atoms with E-state index >= 15 is 0 Å². The van der Waals surface area contributed by atoms with Gasteiger partial charge in [-0.25, -0.2) is 0 Å². The van der Waals surface area contributed by atoms with Gasteiger partial charge in [0, 0.05) is 50.4 Å². The molecule has 0 unspecified atom stereocenters. The molecule has 2 N–H and O–H groups in total. The topological polar surface area (TPSA) is 64.7 Å². The molecule has 0 radical (unpaired) electrons. The third-order valence-electron chi connectivity index (χ3n) is 7.61. The van der Waals surface area contributed by atoms with Gasteiger partial charge in [0.15, 0.2) is 0 Å². The van der Waals surface area contributed by atoms with Crippen molar-refractivity contribution in [3.63, 3.8) is 0 Å². The van der Waals surface area contributed by atoms with E-state index in [1.807, 2.05) is 12.2 Å². The number of benzene rings is 2. The van der Waals surface area contributed by atoms with E-state index < -0.39 is 0 Å². The molecule has 0 aromatic heterocycles. The summed E-state index contributed by atoms with van der Waals surface area (Å²) < 4.78 is 0. The van der Waals surface area contributed by atoms with E-state index in [2.05, 4.69) is 69.0 Å². The molecule has 6 heteroatoms. The van der Waals surface area contributed by atoms with Gasteiger partial charge in [0.25, 0.3) is 0 Å². The van der Waals surface area contributed by atoms with Crippen LogP contribution in [0.15, 0.2) is 60.7 Å². The maximum absolute atomic E-state index is 12.5. The molecule has 2 fully saturated rings. The Bertz CT molecular complexity index is 1020. The summed E-state index contributed by atoms with van der Waals surface area (Å²) in [7, 11) is 0. The molecule has 0 saturated carbocycles. The van der Waals surface area contributed by atoms with Crippen LogP contribution in [0.3, 0.4) is 0 Å². The molecular formula is C30H36N4O2. The Morgan fingerprint density at radius 2 is 1.00 bits per heavy atom. The van der Waals surface area contributed by atoms with Gasteiger partial charge in [0.05, 0.1) is 0 Å². The second kappa shape index (κ2) is 11.7. The summed E-state index contributed by atoms with van der Waals surface area (Å²) in [6, 6.07) is 17.5. The monoisotopic (exact) mass is 484 g/mol. The summed E-state index contributed by atoms with van der Waals surface area (Å²) >= 11 is 0. The fourth-order valence-corrected chi connectivity index (χ4v) is 5.50. The first kappa shape index (κ1) is 24.5. The standard InChI is InChI=1S/C30H36N4O2/c35-29-15-13-24-7-11-26(12-8-24)22-34-18-2-4-28(34)20-32-30(36)16-14-23-5-9-25(10-6-23)21-33-17-1-3-27(33)19-31-29/h5-16,27-28H,1-4,17-22H2,(H,31,35)(H,32,36)/b15-13+,16-14+/t27-,28-/m0/s1. The van der Waals surface area contributed by atoms with Gasteiger partial charge in [-0.05, 0) is 73.2 Å². The molecule has 6 aliphatic heterocycles. The van der Waals surface area contributed by atoms with Gasteiger partial charge in [-0.15, -0.1) is 0 Å². The molecule has 36 heavy (non-hydrogen) atoms. The molecule has 0 aliphatic carbocycles. The number of hydrogen-bond donors (Lipinski definition) is 2. The number of carbonyl (C=O) groups excluding carboxylic acids is 2. The van der Waals surface area contributed by atoms with Crippen molar-refractivity contribution in [3.05, 3.63) is 82.9 Å². The van der Waals surface area contributed by atoms with Crippen molar-refractivity contribution >= 4 is 24.0 Å². The van der Waals surface area contributed by atoms with Crippen LogP contribution in [0.1, 0.15) is 47.9 Å². The first-order valence-corrected chi connectivity index (χ1v) is 13.2. The van der Waals surface area contributed by atoms with Crippen molar-refractivity contribution in [2.24, 2.45) is 0 Å². The first-order valence-electron chi connectivity index (χ1n) is 13.2. The lowest BCUT2D eigenvalue weighted by Crippen LogP contribution is -2.39. The summed E-state index contributed by atoms with van der Waals surface area (Å²) in [5, 5.41) is 6.19. The largest absolute Gasteiger partial charge is 0.351 e. The van der Waals surface area contributed by atoms with Gasteiger partial charge < -0.3 is 10.6 Å². The van der Waals surface area contributed by atoms with Crippen LogP contribution in [0.25, 0.3) is 12.2 Å². The average Bonchev–Trinajstić information content (AvgIpc) is 3.53. The highest BCUT2D eigenvalue weighted by Gasteiger charge is 2.25. The molecule has 2 aromatic carbocycles. The number of rotatable bonds is 0. The number of hydrogen-bond acceptors (Lipinski definition) is 4. The lowest BCUT2D eigenvalue weighted by atomic mass is 10.1. The molecule has 6 aliphatic rings. The zero-order valence-electron chi connectivity index (χ0n) is 20.9. The summed E-state index contributed by atoms with van der Waals surface area (Å²) in [5.74, 6) is -0.0861. The Labute approximate surface area is 214 Å². The highest BCUT2D eigenvalue weighted by molar-refractivity contribution is 5.92. The predicted octanol–water partition coefficient (Wildman–Crippen LogP) is 3.59. The van der Waals surface area contributed by atoms with E-state index in [1.165, 1.54) is 11.1 Å². The molecule has 8 rings (SSSR count). The quantitative estimate of drug-likeness (QED) is 0.600. The molecule has 188 valence electrons. The first-order chi connectivity index (χ1) is 17.6. The molecule has 2 saturated heterocycles. The summed E-state index contributed by atoms with van der Waals surface area (Å²) in [5.41, 5.74) is 4.53. The van der Waals surface area contributed by atoms with Gasteiger partial charge in [0.1, 0.15) is 0 Å². The minimum Gasteiger partial charge on any atom is -0.351 e. The average molecular weight is 485 g/mol. The normalized spacial score (nSPS) is 26.0. The van der Waals surface area contributed by atoms with Crippen LogP contribution < -0.4 is 10.6 Å².